The van der Waals surface area contributed by atoms with Crippen LogP contribution in [0.5, 0.6) is 0 Å². The first-order valence-corrected chi connectivity index (χ1v) is 8.49. The Kier molecular flexibility index (Phi) is 6.54. The van der Waals surface area contributed by atoms with Crippen LogP contribution in [-0.4, -0.2) is 9.97 Å². The maximum Gasteiger partial charge on any atom is 0.107 e. The van der Waals surface area contributed by atoms with Crippen LogP contribution >= 0.6 is 47.8 Å². The molecule has 0 amide bonds. The van der Waals surface area contributed by atoms with Crippen molar-refractivity contribution >= 4 is 47.8 Å². The Morgan fingerprint density at radius 1 is 0.524 bits per heavy atom. The van der Waals surface area contributed by atoms with E-state index in [4.69, 9.17) is 0 Å². The SMILES string of the molecule is Brc1cccc(-c2ccccc2)n1.Brc1cccc(Br)n1. The average molecular weight is 471 g/mol. The van der Waals surface area contributed by atoms with Crippen LogP contribution in [0.2, 0.25) is 0 Å². The molecule has 0 radical (unpaired) electrons. The summed E-state index contributed by atoms with van der Waals surface area (Å²) in [6.45, 7) is 0. The highest BCUT2D eigenvalue weighted by Gasteiger charge is 1.97. The zero-order valence-electron chi connectivity index (χ0n) is 10.9. The number of rotatable bonds is 1. The summed E-state index contributed by atoms with van der Waals surface area (Å²) in [7, 11) is 0. The number of pyridine rings is 2. The fourth-order valence-corrected chi connectivity index (χ4v) is 2.83. The van der Waals surface area contributed by atoms with Crippen molar-refractivity contribution in [2.75, 3.05) is 0 Å². The molecule has 0 aliphatic carbocycles. The van der Waals surface area contributed by atoms with Crippen LogP contribution < -0.4 is 0 Å². The first-order valence-electron chi connectivity index (χ1n) is 6.11. The van der Waals surface area contributed by atoms with E-state index in [2.05, 4.69) is 69.9 Å². The maximum absolute atomic E-state index is 4.36. The molecule has 0 fully saturated rings. The van der Waals surface area contributed by atoms with Gasteiger partial charge in [0.2, 0.25) is 0 Å². The third kappa shape index (κ3) is 5.69. The third-order valence-corrected chi connectivity index (χ3v) is 3.79. The molecule has 0 atom stereocenters. The molecule has 2 heterocycles. The summed E-state index contributed by atoms with van der Waals surface area (Å²) in [6, 6.07) is 21.7. The Morgan fingerprint density at radius 3 is 1.52 bits per heavy atom. The second-order valence-electron chi connectivity index (χ2n) is 3.99. The van der Waals surface area contributed by atoms with Gasteiger partial charge in [-0.1, -0.05) is 42.5 Å². The van der Waals surface area contributed by atoms with Crippen molar-refractivity contribution in [1.82, 2.24) is 9.97 Å². The highest BCUT2D eigenvalue weighted by Crippen LogP contribution is 2.18. The molecule has 3 rings (SSSR count). The lowest BCUT2D eigenvalue weighted by molar-refractivity contribution is 1.23. The van der Waals surface area contributed by atoms with Gasteiger partial charge in [0.1, 0.15) is 13.8 Å². The fourth-order valence-electron chi connectivity index (χ4n) is 1.56. The number of nitrogens with zero attached hydrogens (tertiary/aromatic N) is 2. The number of halogens is 3. The second kappa shape index (κ2) is 8.41. The monoisotopic (exact) mass is 468 g/mol. The number of hydrogen-bond acceptors (Lipinski definition) is 2. The molecule has 2 aromatic heterocycles. The normalized spacial score (nSPS) is 9.67. The van der Waals surface area contributed by atoms with Gasteiger partial charge >= 0.3 is 0 Å². The van der Waals surface area contributed by atoms with Crippen molar-refractivity contribution in [3.05, 3.63) is 80.5 Å². The molecule has 3 aromatic rings. The van der Waals surface area contributed by atoms with E-state index in [1.54, 1.807) is 0 Å². The maximum atomic E-state index is 4.36. The van der Waals surface area contributed by atoms with Crippen molar-refractivity contribution in [3.63, 3.8) is 0 Å². The molecule has 106 valence electrons. The van der Waals surface area contributed by atoms with E-state index in [0.717, 1.165) is 25.1 Å². The van der Waals surface area contributed by atoms with Gasteiger partial charge in [0, 0.05) is 5.56 Å². The summed E-state index contributed by atoms with van der Waals surface area (Å²) < 4.78 is 2.58. The molecule has 5 heteroatoms. The van der Waals surface area contributed by atoms with Gasteiger partial charge in [0.15, 0.2) is 0 Å². The third-order valence-electron chi connectivity index (χ3n) is 2.47. The lowest BCUT2D eigenvalue weighted by atomic mass is 10.1. The fraction of sp³-hybridized carbons (Fsp3) is 0. The first-order chi connectivity index (χ1) is 10.1. The quantitative estimate of drug-likeness (QED) is 0.400. The molecule has 0 saturated carbocycles. The lowest BCUT2D eigenvalue weighted by Gasteiger charge is -1.99. The predicted molar refractivity (Wildman–Crippen MR) is 97.0 cm³/mol. The van der Waals surface area contributed by atoms with E-state index in [1.807, 2.05) is 54.6 Å². The van der Waals surface area contributed by atoms with E-state index >= 15 is 0 Å². The molecule has 2 nitrogen and oxygen atoms in total. The second-order valence-corrected chi connectivity index (χ2v) is 6.43. The standard InChI is InChI=1S/C11H8BrN.C5H3Br2N/c12-11-8-4-7-10(13-11)9-5-2-1-3-6-9;6-4-2-1-3-5(7)8-4/h1-8H;1-3H. The van der Waals surface area contributed by atoms with Gasteiger partial charge in [-0.25, -0.2) is 9.97 Å². The summed E-state index contributed by atoms with van der Waals surface area (Å²) in [5, 5.41) is 0. The highest BCUT2D eigenvalue weighted by atomic mass is 79.9. The summed E-state index contributed by atoms with van der Waals surface area (Å²) >= 11 is 9.79. The summed E-state index contributed by atoms with van der Waals surface area (Å²) in [5.41, 5.74) is 2.14. The molecule has 0 aliphatic rings. The van der Waals surface area contributed by atoms with Crippen molar-refractivity contribution in [2.24, 2.45) is 0 Å². The molecule has 0 saturated heterocycles. The van der Waals surface area contributed by atoms with Gasteiger partial charge in [-0.05, 0) is 72.1 Å². The first kappa shape index (κ1) is 16.3. The van der Waals surface area contributed by atoms with Gasteiger partial charge in [-0.15, -0.1) is 0 Å². The average Bonchev–Trinajstić information content (AvgIpc) is 2.49. The molecule has 0 bridgehead atoms. The minimum atomic E-state index is 0.854. The number of hydrogen-bond donors (Lipinski definition) is 0. The van der Waals surface area contributed by atoms with Crippen LogP contribution in [0.4, 0.5) is 0 Å². The minimum Gasteiger partial charge on any atom is -0.241 e. The minimum absolute atomic E-state index is 0.854. The molecule has 0 unspecified atom stereocenters. The van der Waals surface area contributed by atoms with Crippen LogP contribution in [0.25, 0.3) is 11.3 Å². The van der Waals surface area contributed by atoms with Crippen LogP contribution in [0.1, 0.15) is 0 Å². The number of benzene rings is 1. The lowest BCUT2D eigenvalue weighted by Crippen LogP contribution is -1.82. The zero-order valence-corrected chi connectivity index (χ0v) is 15.6. The molecule has 0 N–H and O–H groups in total. The molecule has 21 heavy (non-hydrogen) atoms. The number of aromatic nitrogens is 2. The molecular weight excluding hydrogens is 460 g/mol. The molecule has 0 aliphatic heterocycles. The summed E-state index contributed by atoms with van der Waals surface area (Å²) in [6.07, 6.45) is 0. The van der Waals surface area contributed by atoms with Crippen molar-refractivity contribution < 1.29 is 0 Å². The smallest absolute Gasteiger partial charge is 0.107 e. The summed E-state index contributed by atoms with van der Waals surface area (Å²) in [5.74, 6) is 0. The van der Waals surface area contributed by atoms with Crippen LogP contribution in [0, 0.1) is 0 Å². The Bertz CT molecular complexity index is 685. The topological polar surface area (TPSA) is 25.8 Å². The van der Waals surface area contributed by atoms with Crippen LogP contribution in [0.3, 0.4) is 0 Å². The molecular formula is C16H11Br3N2. The summed E-state index contributed by atoms with van der Waals surface area (Å²) in [4.78, 5) is 8.37. The van der Waals surface area contributed by atoms with Crippen molar-refractivity contribution in [1.29, 1.82) is 0 Å². The largest absolute Gasteiger partial charge is 0.241 e. The zero-order chi connectivity index (χ0) is 15.1. The predicted octanol–water partition coefficient (Wildman–Crippen LogP) is 6.12. The van der Waals surface area contributed by atoms with Gasteiger partial charge in [-0.2, -0.15) is 0 Å². The van der Waals surface area contributed by atoms with Gasteiger partial charge in [0.05, 0.1) is 5.69 Å². The van der Waals surface area contributed by atoms with Crippen LogP contribution in [0.15, 0.2) is 80.5 Å². The van der Waals surface area contributed by atoms with Crippen molar-refractivity contribution in [2.45, 2.75) is 0 Å². The molecule has 0 spiro atoms. The Morgan fingerprint density at radius 2 is 1.05 bits per heavy atom. The van der Waals surface area contributed by atoms with E-state index < -0.39 is 0 Å². The van der Waals surface area contributed by atoms with Crippen LogP contribution in [-0.2, 0) is 0 Å². The molecule has 1 aromatic carbocycles. The Labute approximate surface area is 149 Å². The van der Waals surface area contributed by atoms with Gasteiger partial charge < -0.3 is 0 Å². The van der Waals surface area contributed by atoms with E-state index in [-0.39, 0.29) is 0 Å². The van der Waals surface area contributed by atoms with E-state index in [0.29, 0.717) is 0 Å². The Hall–Kier alpha value is -1.04. The highest BCUT2D eigenvalue weighted by molar-refractivity contribution is 9.11. The van der Waals surface area contributed by atoms with Gasteiger partial charge in [-0.3, -0.25) is 0 Å². The Balaban J connectivity index is 0.000000173. The van der Waals surface area contributed by atoms with E-state index in [1.165, 1.54) is 0 Å². The van der Waals surface area contributed by atoms with E-state index in [9.17, 15) is 0 Å². The van der Waals surface area contributed by atoms with Gasteiger partial charge in [0.25, 0.3) is 0 Å². The van der Waals surface area contributed by atoms with Crippen molar-refractivity contribution in [3.8, 4) is 11.3 Å².